The smallest absolute Gasteiger partial charge is 0.311 e. The van der Waals surface area contributed by atoms with Crippen LogP contribution >= 0.6 is 0 Å². The first-order chi connectivity index (χ1) is 9.88. The Balaban J connectivity index is 2.43. The number of nitro groups is 1. The zero-order valence-electron chi connectivity index (χ0n) is 12.1. The van der Waals surface area contributed by atoms with Crippen LogP contribution in [0.2, 0.25) is 0 Å². The van der Waals surface area contributed by atoms with Crippen LogP contribution in [0.5, 0.6) is 5.75 Å². The van der Waals surface area contributed by atoms with E-state index in [0.717, 1.165) is 16.8 Å². The molecule has 0 unspecified atom stereocenters. The van der Waals surface area contributed by atoms with Crippen molar-refractivity contribution in [2.24, 2.45) is 4.99 Å². The molecule has 1 N–H and O–H groups in total. The Hall–Kier alpha value is -2.69. The quantitative estimate of drug-likeness (QED) is 0.526. The Labute approximate surface area is 122 Å². The maximum Gasteiger partial charge on any atom is 0.311 e. The lowest BCUT2D eigenvalue weighted by atomic mass is 10.1. The molecule has 0 saturated heterocycles. The van der Waals surface area contributed by atoms with E-state index in [1.165, 1.54) is 12.3 Å². The van der Waals surface area contributed by atoms with Crippen LogP contribution < -0.4 is 0 Å². The molecule has 2 rings (SSSR count). The van der Waals surface area contributed by atoms with Crippen LogP contribution in [0.4, 0.5) is 11.4 Å². The summed E-state index contributed by atoms with van der Waals surface area (Å²) in [5.74, 6) is -0.362. The van der Waals surface area contributed by atoms with Crippen molar-refractivity contribution in [1.29, 1.82) is 0 Å². The van der Waals surface area contributed by atoms with Crippen LogP contribution in [-0.2, 0) is 0 Å². The third-order valence-corrected chi connectivity index (χ3v) is 3.16. The Morgan fingerprint density at radius 2 is 1.86 bits per heavy atom. The second kappa shape index (κ2) is 5.75. The summed E-state index contributed by atoms with van der Waals surface area (Å²) in [4.78, 5) is 14.6. The fourth-order valence-corrected chi connectivity index (χ4v) is 2.11. The van der Waals surface area contributed by atoms with Gasteiger partial charge in [-0.15, -0.1) is 0 Å². The van der Waals surface area contributed by atoms with Crippen LogP contribution in [0.1, 0.15) is 22.3 Å². The van der Waals surface area contributed by atoms with Crippen molar-refractivity contribution in [3.05, 3.63) is 62.7 Å². The summed E-state index contributed by atoms with van der Waals surface area (Å²) >= 11 is 0. The first kappa shape index (κ1) is 14.7. The van der Waals surface area contributed by atoms with Crippen molar-refractivity contribution < 1.29 is 10.0 Å². The maximum atomic E-state index is 10.9. The Kier molecular flexibility index (Phi) is 4.03. The first-order valence-corrected chi connectivity index (χ1v) is 6.48. The van der Waals surface area contributed by atoms with E-state index >= 15 is 0 Å². The number of hydrogen-bond donors (Lipinski definition) is 1. The highest BCUT2D eigenvalue weighted by atomic mass is 16.6. The van der Waals surface area contributed by atoms with Crippen molar-refractivity contribution in [3.8, 4) is 5.75 Å². The third-order valence-electron chi connectivity index (χ3n) is 3.16. The van der Waals surface area contributed by atoms with E-state index in [2.05, 4.69) is 4.99 Å². The van der Waals surface area contributed by atoms with E-state index in [-0.39, 0.29) is 11.4 Å². The molecular formula is C16H16N2O3. The first-order valence-electron chi connectivity index (χ1n) is 6.48. The Bertz CT molecular complexity index is 737. The minimum absolute atomic E-state index is 0.308. The van der Waals surface area contributed by atoms with E-state index in [1.807, 2.05) is 32.0 Å². The lowest BCUT2D eigenvalue weighted by Crippen LogP contribution is -1.93. The molecule has 0 heterocycles. The summed E-state index contributed by atoms with van der Waals surface area (Å²) in [6, 6.07) is 8.82. The van der Waals surface area contributed by atoms with Gasteiger partial charge in [0, 0.05) is 17.8 Å². The molecule has 0 aliphatic rings. The number of nitrogens with zero attached hydrogens (tertiary/aromatic N) is 2. The number of nitro benzene ring substituents is 1. The van der Waals surface area contributed by atoms with Crippen LogP contribution in [0.3, 0.4) is 0 Å². The number of rotatable bonds is 3. The average molecular weight is 284 g/mol. The molecule has 2 aromatic carbocycles. The van der Waals surface area contributed by atoms with Gasteiger partial charge in [-0.25, -0.2) is 0 Å². The molecule has 108 valence electrons. The lowest BCUT2D eigenvalue weighted by Gasteiger charge is -2.04. The number of phenolic OH excluding ortho intramolecular Hbond substituents is 1. The molecule has 0 saturated carbocycles. The van der Waals surface area contributed by atoms with Gasteiger partial charge < -0.3 is 5.11 Å². The molecule has 0 amide bonds. The number of aromatic hydroxyl groups is 1. The second-order valence-electron chi connectivity index (χ2n) is 5.03. The molecule has 0 spiro atoms. The molecule has 0 radical (unpaired) electrons. The minimum atomic E-state index is -0.600. The molecule has 21 heavy (non-hydrogen) atoms. The lowest BCUT2D eigenvalue weighted by molar-refractivity contribution is -0.385. The summed E-state index contributed by atoms with van der Waals surface area (Å²) in [6.45, 7) is 5.68. The summed E-state index contributed by atoms with van der Waals surface area (Å²) in [5.41, 5.74) is 3.64. The molecule has 2 aromatic rings. The van der Waals surface area contributed by atoms with Crippen LogP contribution in [0.25, 0.3) is 0 Å². The molecule has 0 aliphatic heterocycles. The largest absolute Gasteiger partial charge is 0.502 e. The average Bonchev–Trinajstić information content (AvgIpc) is 2.40. The predicted molar refractivity (Wildman–Crippen MR) is 82.7 cm³/mol. The van der Waals surface area contributed by atoms with Crippen molar-refractivity contribution in [2.45, 2.75) is 20.8 Å². The molecular weight excluding hydrogens is 268 g/mol. The monoisotopic (exact) mass is 284 g/mol. The molecule has 0 aliphatic carbocycles. The normalized spacial score (nSPS) is 11.0. The summed E-state index contributed by atoms with van der Waals surface area (Å²) in [5, 5.41) is 20.8. The number of hydrogen-bond acceptors (Lipinski definition) is 4. The van der Waals surface area contributed by atoms with Crippen molar-refractivity contribution in [3.63, 3.8) is 0 Å². The number of benzene rings is 2. The van der Waals surface area contributed by atoms with E-state index < -0.39 is 4.92 Å². The van der Waals surface area contributed by atoms with Gasteiger partial charge in [0.2, 0.25) is 5.75 Å². The number of aliphatic imine (C=N–C) groups is 1. The van der Waals surface area contributed by atoms with Gasteiger partial charge in [0.15, 0.2) is 0 Å². The van der Waals surface area contributed by atoms with Gasteiger partial charge in [0.05, 0.1) is 10.6 Å². The zero-order chi connectivity index (χ0) is 15.6. The van der Waals surface area contributed by atoms with E-state index in [4.69, 9.17) is 0 Å². The van der Waals surface area contributed by atoms with Gasteiger partial charge in [-0.3, -0.25) is 15.1 Å². The highest BCUT2D eigenvalue weighted by Crippen LogP contribution is 2.30. The van der Waals surface area contributed by atoms with E-state index in [9.17, 15) is 15.2 Å². The highest BCUT2D eigenvalue weighted by Gasteiger charge is 2.16. The summed E-state index contributed by atoms with van der Waals surface area (Å²) in [7, 11) is 0. The van der Waals surface area contributed by atoms with Gasteiger partial charge in [-0.05, 0) is 44.0 Å². The zero-order valence-corrected chi connectivity index (χ0v) is 12.1. The predicted octanol–water partition coefficient (Wildman–Crippen LogP) is 3.98. The van der Waals surface area contributed by atoms with Gasteiger partial charge in [0.1, 0.15) is 0 Å². The fraction of sp³-hybridized carbons (Fsp3) is 0.188. The SMILES string of the molecule is Cc1ccc(N=Cc2cc(C)cc([N+](=O)[O-])c2O)c(C)c1. The van der Waals surface area contributed by atoms with Gasteiger partial charge >= 0.3 is 5.69 Å². The standard InChI is InChI=1S/C16H16N2O3/c1-10-4-5-14(12(3)6-10)17-9-13-7-11(2)8-15(16(13)19)18(20)21/h4-9,19H,1-3H3. The molecule has 5 nitrogen and oxygen atoms in total. The number of aryl methyl sites for hydroxylation is 3. The van der Waals surface area contributed by atoms with Crippen LogP contribution in [-0.4, -0.2) is 16.2 Å². The molecule has 0 fully saturated rings. The highest BCUT2D eigenvalue weighted by molar-refractivity contribution is 5.88. The van der Waals surface area contributed by atoms with Gasteiger partial charge in [-0.2, -0.15) is 0 Å². The Morgan fingerprint density at radius 3 is 2.48 bits per heavy atom. The fourth-order valence-electron chi connectivity index (χ4n) is 2.11. The summed E-state index contributed by atoms with van der Waals surface area (Å²) < 4.78 is 0. The van der Waals surface area contributed by atoms with E-state index in [1.54, 1.807) is 13.0 Å². The molecule has 0 aromatic heterocycles. The second-order valence-corrected chi connectivity index (χ2v) is 5.03. The van der Waals surface area contributed by atoms with Crippen molar-refractivity contribution >= 4 is 17.6 Å². The van der Waals surface area contributed by atoms with Crippen molar-refractivity contribution in [1.82, 2.24) is 0 Å². The van der Waals surface area contributed by atoms with Gasteiger partial charge in [0.25, 0.3) is 0 Å². The topological polar surface area (TPSA) is 75.7 Å². The van der Waals surface area contributed by atoms with Gasteiger partial charge in [-0.1, -0.05) is 17.7 Å². The van der Waals surface area contributed by atoms with Crippen LogP contribution in [0, 0.1) is 30.9 Å². The summed E-state index contributed by atoms with van der Waals surface area (Å²) in [6.07, 6.45) is 1.45. The van der Waals surface area contributed by atoms with Crippen LogP contribution in [0.15, 0.2) is 35.3 Å². The van der Waals surface area contributed by atoms with Crippen molar-refractivity contribution in [2.75, 3.05) is 0 Å². The maximum absolute atomic E-state index is 10.9. The van der Waals surface area contributed by atoms with E-state index in [0.29, 0.717) is 11.1 Å². The molecule has 5 heteroatoms. The molecule has 0 bridgehead atoms. The Morgan fingerprint density at radius 1 is 1.14 bits per heavy atom. The minimum Gasteiger partial charge on any atom is -0.502 e. The number of phenols is 1. The molecule has 0 atom stereocenters. The third kappa shape index (κ3) is 3.25.